The summed E-state index contributed by atoms with van der Waals surface area (Å²) in [5.74, 6) is 1.16. The van der Waals surface area contributed by atoms with Crippen molar-refractivity contribution in [3.05, 3.63) is 52.0 Å². The number of nitrogens with two attached hydrogens (primary N) is 1. The van der Waals surface area contributed by atoms with Crippen LogP contribution in [-0.4, -0.2) is 0 Å². The molecule has 0 atom stereocenters. The van der Waals surface area contributed by atoms with Crippen LogP contribution in [0.1, 0.15) is 11.1 Å². The Kier molecular flexibility index (Phi) is 3.54. The first-order valence-electron chi connectivity index (χ1n) is 5.34. The summed E-state index contributed by atoms with van der Waals surface area (Å²) in [6.07, 6.45) is 0. The van der Waals surface area contributed by atoms with Crippen LogP contribution in [0.3, 0.4) is 0 Å². The summed E-state index contributed by atoms with van der Waals surface area (Å²) in [7, 11) is 0. The van der Waals surface area contributed by atoms with E-state index in [4.69, 9.17) is 15.7 Å². The van der Waals surface area contributed by atoms with Gasteiger partial charge in [0.1, 0.15) is 17.6 Å². The van der Waals surface area contributed by atoms with Gasteiger partial charge in [0.2, 0.25) is 0 Å². The normalized spacial score (nSPS) is 9.83. The van der Waals surface area contributed by atoms with Crippen LogP contribution in [-0.2, 0) is 0 Å². The van der Waals surface area contributed by atoms with Crippen molar-refractivity contribution < 1.29 is 4.74 Å². The zero-order valence-corrected chi connectivity index (χ0v) is 11.4. The smallest absolute Gasteiger partial charge is 0.145 e. The van der Waals surface area contributed by atoms with E-state index in [1.54, 1.807) is 18.2 Å². The SMILES string of the molecule is Cc1ccc(Oc2ccc(N)cc2C#N)c(Br)c1. The van der Waals surface area contributed by atoms with Crippen LogP contribution in [0.2, 0.25) is 0 Å². The van der Waals surface area contributed by atoms with Gasteiger partial charge in [0.05, 0.1) is 10.0 Å². The molecule has 0 fully saturated rings. The molecule has 18 heavy (non-hydrogen) atoms. The lowest BCUT2D eigenvalue weighted by Gasteiger charge is -2.10. The van der Waals surface area contributed by atoms with Gasteiger partial charge in [-0.3, -0.25) is 0 Å². The summed E-state index contributed by atoms with van der Waals surface area (Å²) >= 11 is 3.43. The Hall–Kier alpha value is -1.99. The molecule has 90 valence electrons. The predicted octanol–water partition coefficient (Wildman–Crippen LogP) is 4.00. The maximum atomic E-state index is 9.04. The molecule has 0 aliphatic carbocycles. The zero-order chi connectivity index (χ0) is 13.1. The van der Waals surface area contributed by atoms with Gasteiger partial charge < -0.3 is 10.5 Å². The largest absolute Gasteiger partial charge is 0.455 e. The second-order valence-corrected chi connectivity index (χ2v) is 4.76. The van der Waals surface area contributed by atoms with Gasteiger partial charge in [-0.25, -0.2) is 0 Å². The lowest BCUT2D eigenvalue weighted by atomic mass is 10.2. The highest BCUT2D eigenvalue weighted by Gasteiger charge is 2.07. The lowest BCUT2D eigenvalue weighted by molar-refractivity contribution is 0.478. The van der Waals surface area contributed by atoms with Crippen LogP contribution in [0.25, 0.3) is 0 Å². The van der Waals surface area contributed by atoms with Gasteiger partial charge >= 0.3 is 0 Å². The number of hydrogen-bond acceptors (Lipinski definition) is 3. The number of nitriles is 1. The molecule has 0 unspecified atom stereocenters. The van der Waals surface area contributed by atoms with Crippen molar-refractivity contribution in [1.82, 2.24) is 0 Å². The zero-order valence-electron chi connectivity index (χ0n) is 9.77. The van der Waals surface area contributed by atoms with Gasteiger partial charge in [0, 0.05) is 5.69 Å². The van der Waals surface area contributed by atoms with E-state index in [0.717, 1.165) is 10.0 Å². The van der Waals surface area contributed by atoms with Crippen LogP contribution in [0.5, 0.6) is 11.5 Å². The Morgan fingerprint density at radius 2 is 1.89 bits per heavy atom. The third kappa shape index (κ3) is 2.63. The molecule has 2 N–H and O–H groups in total. The molecule has 2 aromatic rings. The van der Waals surface area contributed by atoms with E-state index in [1.165, 1.54) is 0 Å². The highest BCUT2D eigenvalue weighted by atomic mass is 79.9. The number of benzene rings is 2. The molecule has 0 radical (unpaired) electrons. The molecule has 0 aliphatic rings. The first-order chi connectivity index (χ1) is 8.60. The minimum atomic E-state index is 0.419. The molecule has 2 aromatic carbocycles. The molecule has 0 heterocycles. The van der Waals surface area contributed by atoms with Gasteiger partial charge in [-0.2, -0.15) is 5.26 Å². The van der Waals surface area contributed by atoms with Crippen LogP contribution < -0.4 is 10.5 Å². The number of hydrogen-bond donors (Lipinski definition) is 1. The maximum Gasteiger partial charge on any atom is 0.145 e. The molecule has 0 spiro atoms. The van der Waals surface area contributed by atoms with Crippen molar-refractivity contribution in [3.63, 3.8) is 0 Å². The minimum Gasteiger partial charge on any atom is -0.455 e. The fourth-order valence-corrected chi connectivity index (χ4v) is 2.11. The fourth-order valence-electron chi connectivity index (χ4n) is 1.53. The summed E-state index contributed by atoms with van der Waals surface area (Å²) in [6, 6.07) is 12.8. The summed E-state index contributed by atoms with van der Waals surface area (Å²) in [5, 5.41) is 9.04. The van der Waals surface area contributed by atoms with Gasteiger partial charge in [0.15, 0.2) is 0 Å². The van der Waals surface area contributed by atoms with E-state index in [9.17, 15) is 0 Å². The predicted molar refractivity (Wildman–Crippen MR) is 74.5 cm³/mol. The molecule has 0 saturated heterocycles. The Bertz CT molecular complexity index is 632. The van der Waals surface area contributed by atoms with Crippen LogP contribution in [0.15, 0.2) is 40.9 Å². The molecule has 2 rings (SSSR count). The van der Waals surface area contributed by atoms with E-state index in [1.807, 2.05) is 25.1 Å². The summed E-state index contributed by atoms with van der Waals surface area (Å²) < 4.78 is 6.57. The third-order valence-electron chi connectivity index (χ3n) is 2.43. The molecule has 0 saturated carbocycles. The van der Waals surface area contributed by atoms with E-state index < -0.39 is 0 Å². The first-order valence-corrected chi connectivity index (χ1v) is 6.13. The number of rotatable bonds is 2. The molecule has 3 nitrogen and oxygen atoms in total. The number of nitrogen functional groups attached to an aromatic ring is 1. The number of aryl methyl sites for hydroxylation is 1. The number of ether oxygens (including phenoxy) is 1. The number of halogens is 1. The maximum absolute atomic E-state index is 9.04. The van der Waals surface area contributed by atoms with Gasteiger partial charge in [-0.1, -0.05) is 6.07 Å². The molecule has 4 heteroatoms. The van der Waals surface area contributed by atoms with Crippen LogP contribution in [0.4, 0.5) is 5.69 Å². The van der Waals surface area contributed by atoms with Crippen molar-refractivity contribution in [1.29, 1.82) is 5.26 Å². The average molecular weight is 303 g/mol. The van der Waals surface area contributed by atoms with E-state index in [2.05, 4.69) is 22.0 Å². The standard InChI is InChI=1S/C14H11BrN2O/c1-9-2-4-14(12(15)6-9)18-13-5-3-11(17)7-10(13)8-16/h2-7H,17H2,1H3. The summed E-state index contributed by atoms with van der Waals surface area (Å²) in [4.78, 5) is 0. The molecule has 0 aliphatic heterocycles. The van der Waals surface area contributed by atoms with Crippen molar-refractivity contribution in [2.75, 3.05) is 5.73 Å². The first kappa shape index (κ1) is 12.5. The van der Waals surface area contributed by atoms with E-state index in [0.29, 0.717) is 22.7 Å². The Labute approximate surface area is 114 Å². The monoisotopic (exact) mass is 302 g/mol. The fraction of sp³-hybridized carbons (Fsp3) is 0.0714. The van der Waals surface area contributed by atoms with Crippen molar-refractivity contribution in [2.24, 2.45) is 0 Å². The number of anilines is 1. The van der Waals surface area contributed by atoms with Crippen LogP contribution >= 0.6 is 15.9 Å². The van der Waals surface area contributed by atoms with E-state index in [-0.39, 0.29) is 0 Å². The quantitative estimate of drug-likeness (QED) is 0.853. The lowest BCUT2D eigenvalue weighted by Crippen LogP contribution is -1.92. The highest BCUT2D eigenvalue weighted by molar-refractivity contribution is 9.10. The van der Waals surface area contributed by atoms with Gasteiger partial charge in [0.25, 0.3) is 0 Å². The van der Waals surface area contributed by atoms with Crippen molar-refractivity contribution in [2.45, 2.75) is 6.92 Å². The van der Waals surface area contributed by atoms with Crippen LogP contribution in [0, 0.1) is 18.3 Å². The molecule has 0 aromatic heterocycles. The highest BCUT2D eigenvalue weighted by Crippen LogP contribution is 2.32. The second-order valence-electron chi connectivity index (χ2n) is 3.90. The molecular formula is C14H11BrN2O. The van der Waals surface area contributed by atoms with E-state index >= 15 is 0 Å². The Balaban J connectivity index is 2.37. The summed E-state index contributed by atoms with van der Waals surface area (Å²) in [6.45, 7) is 2.00. The number of nitrogens with zero attached hydrogens (tertiary/aromatic N) is 1. The average Bonchev–Trinajstić information content (AvgIpc) is 2.34. The Morgan fingerprint density at radius 3 is 2.56 bits per heavy atom. The third-order valence-corrected chi connectivity index (χ3v) is 3.05. The molecular weight excluding hydrogens is 292 g/mol. The van der Waals surface area contributed by atoms with Gasteiger partial charge in [-0.15, -0.1) is 0 Å². The minimum absolute atomic E-state index is 0.419. The summed E-state index contributed by atoms with van der Waals surface area (Å²) in [5.41, 5.74) is 7.72. The topological polar surface area (TPSA) is 59.0 Å². The molecule has 0 amide bonds. The van der Waals surface area contributed by atoms with Crippen molar-refractivity contribution >= 4 is 21.6 Å². The van der Waals surface area contributed by atoms with Gasteiger partial charge in [-0.05, 0) is 58.7 Å². The second kappa shape index (κ2) is 5.11. The Morgan fingerprint density at radius 1 is 1.17 bits per heavy atom. The van der Waals surface area contributed by atoms with Crippen molar-refractivity contribution in [3.8, 4) is 17.6 Å². The molecule has 0 bridgehead atoms.